The molecule has 0 amide bonds. The largest absolute Gasteiger partial charge is 0.458 e. The lowest BCUT2D eigenvalue weighted by molar-refractivity contribution is -0.289. The van der Waals surface area contributed by atoms with Crippen molar-refractivity contribution in [3.63, 3.8) is 0 Å². The molecule has 2 rings (SSSR count). The molecule has 102 valence electrons. The molecule has 0 radical (unpaired) electrons. The molecular weight excluding hydrogens is 337 g/mol. The van der Waals surface area contributed by atoms with Gasteiger partial charge >= 0.3 is 12.1 Å². The topological polar surface area (TPSA) is 30.7 Å². The first-order chi connectivity index (χ1) is 8.72. The second-order valence-corrected chi connectivity index (χ2v) is 4.29. The maximum atomic E-state index is 13.0. The van der Waals surface area contributed by atoms with Crippen LogP contribution in [0.25, 0.3) is 5.69 Å². The molecule has 0 saturated carbocycles. The lowest BCUT2D eigenvalue weighted by Gasteiger charge is -2.19. The predicted octanol–water partition coefficient (Wildman–Crippen LogP) is 3.68. The molecule has 0 aliphatic rings. The van der Waals surface area contributed by atoms with Gasteiger partial charge in [0.25, 0.3) is 0 Å². The average Bonchev–Trinajstić information content (AvgIpc) is 2.74. The first-order valence-corrected chi connectivity index (χ1v) is 5.64. The van der Waals surface area contributed by atoms with E-state index in [4.69, 9.17) is 0 Å². The molecule has 2 aromatic rings. The zero-order valence-corrected chi connectivity index (χ0v) is 10.6. The molecular formula is C10H5BrF5N3. The number of benzene rings is 1. The van der Waals surface area contributed by atoms with Crippen LogP contribution in [0.5, 0.6) is 0 Å². The van der Waals surface area contributed by atoms with Gasteiger partial charge in [-0.1, -0.05) is 12.1 Å². The van der Waals surface area contributed by atoms with E-state index in [1.165, 1.54) is 11.0 Å². The van der Waals surface area contributed by atoms with Crippen molar-refractivity contribution in [3.05, 3.63) is 40.9 Å². The number of halogens is 6. The highest BCUT2D eigenvalue weighted by molar-refractivity contribution is 9.10. The minimum atomic E-state index is -5.62. The van der Waals surface area contributed by atoms with Gasteiger partial charge in [0.2, 0.25) is 4.73 Å². The Morgan fingerprint density at radius 2 is 1.58 bits per heavy atom. The Morgan fingerprint density at radius 3 is 2.00 bits per heavy atom. The standard InChI is InChI=1S/C10H5BrF5N3/c11-8-17-5-19(18-8)7-3-1-6(2-4-7)9(12,13)10(14,15)16/h1-5H. The molecule has 0 atom stereocenters. The SMILES string of the molecule is FC(F)(F)C(F)(F)c1ccc(-n2cnc(Br)n2)cc1. The first kappa shape index (κ1) is 13.9. The van der Waals surface area contributed by atoms with Crippen LogP contribution in [0, 0.1) is 0 Å². The van der Waals surface area contributed by atoms with Crippen molar-refractivity contribution in [3.8, 4) is 5.69 Å². The highest BCUT2D eigenvalue weighted by Crippen LogP contribution is 2.43. The lowest BCUT2D eigenvalue weighted by Crippen LogP contribution is -2.33. The molecule has 0 spiro atoms. The van der Waals surface area contributed by atoms with E-state index in [9.17, 15) is 22.0 Å². The van der Waals surface area contributed by atoms with Gasteiger partial charge in [0.15, 0.2) is 0 Å². The summed E-state index contributed by atoms with van der Waals surface area (Å²) in [6.07, 6.45) is -4.33. The van der Waals surface area contributed by atoms with Crippen LogP contribution in [-0.2, 0) is 5.92 Å². The number of hydrogen-bond donors (Lipinski definition) is 0. The summed E-state index contributed by atoms with van der Waals surface area (Å²) in [5.41, 5.74) is -0.803. The maximum Gasteiger partial charge on any atom is 0.458 e. The van der Waals surface area contributed by atoms with Crippen LogP contribution in [0.1, 0.15) is 5.56 Å². The molecule has 1 aromatic heterocycles. The number of nitrogens with zero attached hydrogens (tertiary/aromatic N) is 3. The van der Waals surface area contributed by atoms with E-state index in [2.05, 4.69) is 26.0 Å². The molecule has 0 bridgehead atoms. The predicted molar refractivity (Wildman–Crippen MR) is 59.0 cm³/mol. The Kier molecular flexibility index (Phi) is 3.33. The molecule has 0 fully saturated rings. The van der Waals surface area contributed by atoms with Gasteiger partial charge < -0.3 is 0 Å². The van der Waals surface area contributed by atoms with E-state index >= 15 is 0 Å². The summed E-state index contributed by atoms with van der Waals surface area (Å²) < 4.78 is 64.1. The molecule has 1 heterocycles. The molecule has 0 N–H and O–H groups in total. The Morgan fingerprint density at radius 1 is 1.00 bits per heavy atom. The van der Waals surface area contributed by atoms with Gasteiger partial charge in [-0.15, -0.1) is 5.10 Å². The van der Waals surface area contributed by atoms with Gasteiger partial charge in [0, 0.05) is 5.56 Å². The highest BCUT2D eigenvalue weighted by Gasteiger charge is 2.58. The van der Waals surface area contributed by atoms with Crippen molar-refractivity contribution >= 4 is 15.9 Å². The zero-order valence-electron chi connectivity index (χ0n) is 9.00. The molecule has 0 aliphatic heterocycles. The minimum absolute atomic E-state index is 0.275. The smallest absolute Gasteiger partial charge is 0.220 e. The Labute approximate surface area is 112 Å². The third-order valence-corrected chi connectivity index (χ3v) is 2.68. The molecule has 19 heavy (non-hydrogen) atoms. The quantitative estimate of drug-likeness (QED) is 0.780. The van der Waals surface area contributed by atoms with E-state index in [-0.39, 0.29) is 4.73 Å². The highest BCUT2D eigenvalue weighted by atomic mass is 79.9. The minimum Gasteiger partial charge on any atom is -0.220 e. The van der Waals surface area contributed by atoms with Gasteiger partial charge in [-0.3, -0.25) is 0 Å². The molecule has 0 saturated heterocycles. The van der Waals surface area contributed by atoms with E-state index in [0.717, 1.165) is 12.1 Å². The molecule has 3 nitrogen and oxygen atoms in total. The normalized spacial score (nSPS) is 12.7. The number of aromatic nitrogens is 3. The van der Waals surface area contributed by atoms with Crippen LogP contribution < -0.4 is 0 Å². The van der Waals surface area contributed by atoms with Gasteiger partial charge in [-0.2, -0.15) is 22.0 Å². The summed E-state index contributed by atoms with van der Waals surface area (Å²) in [6.45, 7) is 0. The third kappa shape index (κ3) is 2.60. The van der Waals surface area contributed by atoms with Crippen LogP contribution >= 0.6 is 15.9 Å². The lowest BCUT2D eigenvalue weighted by atomic mass is 10.1. The molecule has 0 aliphatic carbocycles. The average molecular weight is 342 g/mol. The van der Waals surface area contributed by atoms with Gasteiger partial charge in [-0.25, -0.2) is 9.67 Å². The Balaban J connectivity index is 2.34. The summed E-state index contributed by atoms with van der Waals surface area (Å²) in [5, 5.41) is 3.83. The molecule has 0 unspecified atom stereocenters. The van der Waals surface area contributed by atoms with Crippen LogP contribution in [0.2, 0.25) is 0 Å². The van der Waals surface area contributed by atoms with Crippen molar-refractivity contribution < 1.29 is 22.0 Å². The van der Waals surface area contributed by atoms with Gasteiger partial charge in [-0.05, 0) is 28.1 Å². The van der Waals surface area contributed by atoms with Gasteiger partial charge in [0.05, 0.1) is 5.69 Å². The van der Waals surface area contributed by atoms with Crippen LogP contribution in [-0.4, -0.2) is 20.9 Å². The summed E-state index contributed by atoms with van der Waals surface area (Å²) in [7, 11) is 0. The van der Waals surface area contributed by atoms with Crippen LogP contribution in [0.4, 0.5) is 22.0 Å². The maximum absolute atomic E-state index is 13.0. The van der Waals surface area contributed by atoms with Crippen molar-refractivity contribution in [2.45, 2.75) is 12.1 Å². The van der Waals surface area contributed by atoms with Crippen molar-refractivity contribution in [2.24, 2.45) is 0 Å². The number of rotatable bonds is 2. The fourth-order valence-corrected chi connectivity index (χ4v) is 1.62. The van der Waals surface area contributed by atoms with Crippen molar-refractivity contribution in [1.82, 2.24) is 14.8 Å². The van der Waals surface area contributed by atoms with E-state index in [1.54, 1.807) is 0 Å². The summed E-state index contributed by atoms with van der Waals surface area (Å²) in [4.78, 5) is 3.74. The molecule has 1 aromatic carbocycles. The van der Waals surface area contributed by atoms with E-state index in [0.29, 0.717) is 17.8 Å². The summed E-state index contributed by atoms with van der Waals surface area (Å²) >= 11 is 2.99. The van der Waals surface area contributed by atoms with E-state index in [1.807, 2.05) is 0 Å². The monoisotopic (exact) mass is 341 g/mol. The Hall–Kier alpha value is -1.51. The number of hydrogen-bond acceptors (Lipinski definition) is 2. The Bertz CT molecular complexity index is 576. The van der Waals surface area contributed by atoms with Crippen molar-refractivity contribution in [2.75, 3.05) is 0 Å². The molecule has 9 heteroatoms. The summed E-state index contributed by atoms with van der Waals surface area (Å²) in [5.74, 6) is -4.88. The third-order valence-electron chi connectivity index (χ3n) is 2.31. The number of alkyl halides is 5. The first-order valence-electron chi connectivity index (χ1n) is 4.84. The van der Waals surface area contributed by atoms with Crippen molar-refractivity contribution in [1.29, 1.82) is 0 Å². The summed E-state index contributed by atoms with van der Waals surface area (Å²) in [6, 6.07) is 3.63. The second-order valence-electron chi connectivity index (χ2n) is 3.58. The fourth-order valence-electron chi connectivity index (χ4n) is 1.35. The van der Waals surface area contributed by atoms with Crippen LogP contribution in [0.3, 0.4) is 0 Å². The second kappa shape index (κ2) is 4.55. The van der Waals surface area contributed by atoms with E-state index < -0.39 is 17.7 Å². The zero-order chi connectivity index (χ0) is 14.3. The van der Waals surface area contributed by atoms with Crippen LogP contribution in [0.15, 0.2) is 35.3 Å². The fraction of sp³-hybridized carbons (Fsp3) is 0.200. The van der Waals surface area contributed by atoms with Gasteiger partial charge in [0.1, 0.15) is 6.33 Å².